The summed E-state index contributed by atoms with van der Waals surface area (Å²) in [5.41, 5.74) is 9.12. The fourth-order valence-corrected chi connectivity index (χ4v) is 4.13. The van der Waals surface area contributed by atoms with Crippen molar-refractivity contribution in [2.75, 3.05) is 44.4 Å². The number of halogens is 3. The number of aliphatic hydroxyl groups is 1. The standard InChI is InChI=1S/C25H36F3N3O4/c1-4-21(22(5-2)35-16-25(26,27)28)34-12-8-30-17(3)13-18-14-19-7-10-31(9-6-11-32)23(19)20(15-18)24(29)33/h4-5,14-15,17,30,32H,6-13,16H2,1-3H3,(H2,29,33)/b21-4+,22-5+/t17-/m1/s1. The first kappa shape index (κ1) is 28.5. The van der Waals surface area contributed by atoms with Gasteiger partial charge in [-0.15, -0.1) is 0 Å². The number of hydrogen-bond acceptors (Lipinski definition) is 6. The largest absolute Gasteiger partial charge is 0.489 e. The van der Waals surface area contributed by atoms with Crippen molar-refractivity contribution in [2.45, 2.75) is 52.3 Å². The highest BCUT2D eigenvalue weighted by molar-refractivity contribution is 6.00. The Hall–Kier alpha value is -2.72. The van der Waals surface area contributed by atoms with Gasteiger partial charge >= 0.3 is 6.18 Å². The third kappa shape index (κ3) is 8.78. The lowest BCUT2D eigenvalue weighted by molar-refractivity contribution is -0.165. The molecule has 0 spiro atoms. The van der Waals surface area contributed by atoms with Crippen LogP contribution in [-0.2, 0) is 22.3 Å². The number of nitrogens with zero attached hydrogens (tertiary/aromatic N) is 1. The third-order valence-corrected chi connectivity index (χ3v) is 5.62. The van der Waals surface area contributed by atoms with Crippen molar-refractivity contribution in [1.29, 1.82) is 0 Å². The Morgan fingerprint density at radius 1 is 1.26 bits per heavy atom. The van der Waals surface area contributed by atoms with E-state index in [0.717, 1.165) is 29.8 Å². The number of carbonyl (C=O) groups excluding carboxylic acids is 1. The predicted octanol–water partition coefficient (Wildman–Crippen LogP) is 3.45. The second-order valence-electron chi connectivity index (χ2n) is 8.45. The number of amides is 1. The topological polar surface area (TPSA) is 97.0 Å². The van der Waals surface area contributed by atoms with Crippen LogP contribution in [0, 0.1) is 0 Å². The number of rotatable bonds is 14. The Morgan fingerprint density at radius 3 is 2.54 bits per heavy atom. The van der Waals surface area contributed by atoms with E-state index in [1.165, 1.54) is 6.08 Å². The Morgan fingerprint density at radius 2 is 1.94 bits per heavy atom. The van der Waals surface area contributed by atoms with E-state index in [1.54, 1.807) is 19.9 Å². The third-order valence-electron chi connectivity index (χ3n) is 5.62. The number of anilines is 1. The van der Waals surface area contributed by atoms with Crippen molar-refractivity contribution in [3.05, 3.63) is 52.5 Å². The first-order valence-electron chi connectivity index (χ1n) is 11.8. The summed E-state index contributed by atoms with van der Waals surface area (Å²) in [4.78, 5) is 14.2. The first-order valence-corrected chi connectivity index (χ1v) is 11.8. The van der Waals surface area contributed by atoms with Gasteiger partial charge in [0.15, 0.2) is 18.1 Å². The van der Waals surface area contributed by atoms with Crippen LogP contribution in [0.2, 0.25) is 0 Å². The Balaban J connectivity index is 1.91. The molecular formula is C25H36F3N3O4. The lowest BCUT2D eigenvalue weighted by atomic mass is 9.98. The van der Waals surface area contributed by atoms with E-state index < -0.39 is 18.7 Å². The number of allylic oxidation sites excluding steroid dienone is 2. The Labute approximate surface area is 204 Å². The first-order chi connectivity index (χ1) is 16.6. The highest BCUT2D eigenvalue weighted by Gasteiger charge is 2.29. The van der Waals surface area contributed by atoms with Gasteiger partial charge in [0.2, 0.25) is 0 Å². The van der Waals surface area contributed by atoms with Gasteiger partial charge in [-0.3, -0.25) is 4.79 Å². The summed E-state index contributed by atoms with van der Waals surface area (Å²) in [5, 5.41) is 12.5. The van der Waals surface area contributed by atoms with E-state index in [1.807, 2.05) is 13.0 Å². The van der Waals surface area contributed by atoms with Crippen LogP contribution in [0.5, 0.6) is 0 Å². The van der Waals surface area contributed by atoms with Crippen molar-refractivity contribution in [2.24, 2.45) is 5.73 Å². The van der Waals surface area contributed by atoms with Crippen LogP contribution in [0.1, 0.15) is 48.7 Å². The number of fused-ring (bicyclic) bond motifs is 1. The number of alkyl halides is 3. The Bertz CT molecular complexity index is 916. The SMILES string of the molecule is C/C=C(OCCN[C@H](C)Cc1cc2c(c(C(N)=O)c1)N(CCCO)CC2)\C(=C/C)OCC(F)(F)F. The fourth-order valence-electron chi connectivity index (χ4n) is 4.13. The number of primary amides is 1. The van der Waals surface area contributed by atoms with E-state index in [4.69, 9.17) is 20.3 Å². The molecular weight excluding hydrogens is 463 g/mol. The molecule has 0 unspecified atom stereocenters. The zero-order chi connectivity index (χ0) is 26.0. The summed E-state index contributed by atoms with van der Waals surface area (Å²) in [6.07, 6.45) is 0.687. The minimum atomic E-state index is -4.42. The van der Waals surface area contributed by atoms with E-state index in [-0.39, 0.29) is 30.8 Å². The fraction of sp³-hybridized carbons (Fsp3) is 0.560. The monoisotopic (exact) mass is 499 g/mol. The molecule has 0 aromatic heterocycles. The predicted molar refractivity (Wildman–Crippen MR) is 129 cm³/mol. The van der Waals surface area contributed by atoms with E-state index >= 15 is 0 Å². The van der Waals surface area contributed by atoms with Gasteiger partial charge < -0.3 is 30.5 Å². The molecule has 10 heteroatoms. The average molecular weight is 500 g/mol. The number of hydrogen-bond donors (Lipinski definition) is 3. The average Bonchev–Trinajstić information content (AvgIpc) is 3.20. The normalized spacial score (nSPS) is 15.2. The summed E-state index contributed by atoms with van der Waals surface area (Å²) in [6.45, 7) is 6.15. The van der Waals surface area contributed by atoms with Gasteiger partial charge in [-0.1, -0.05) is 6.07 Å². The molecule has 7 nitrogen and oxygen atoms in total. The quantitative estimate of drug-likeness (QED) is 0.206. The zero-order valence-electron chi connectivity index (χ0n) is 20.6. The lowest BCUT2D eigenvalue weighted by Gasteiger charge is -2.22. The number of benzene rings is 1. The number of nitrogens with one attached hydrogen (secondary N) is 1. The minimum absolute atomic E-state index is 0.0445. The summed E-state index contributed by atoms with van der Waals surface area (Å²) < 4.78 is 47.8. The van der Waals surface area contributed by atoms with Crippen LogP contribution in [-0.4, -0.2) is 62.7 Å². The molecule has 196 valence electrons. The van der Waals surface area contributed by atoms with Crippen molar-refractivity contribution in [3.8, 4) is 0 Å². The van der Waals surface area contributed by atoms with Crippen LogP contribution in [0.3, 0.4) is 0 Å². The van der Waals surface area contributed by atoms with Crippen LogP contribution >= 0.6 is 0 Å². The van der Waals surface area contributed by atoms with Crippen molar-refractivity contribution >= 4 is 11.6 Å². The zero-order valence-corrected chi connectivity index (χ0v) is 20.6. The molecule has 1 aliphatic heterocycles. The molecule has 35 heavy (non-hydrogen) atoms. The molecule has 1 atom stereocenters. The molecule has 0 fully saturated rings. The van der Waals surface area contributed by atoms with Crippen LogP contribution in [0.4, 0.5) is 18.9 Å². The second-order valence-corrected chi connectivity index (χ2v) is 8.45. The second kappa shape index (κ2) is 13.4. The maximum absolute atomic E-state index is 12.4. The molecule has 1 aromatic rings. The number of carbonyl (C=O) groups is 1. The van der Waals surface area contributed by atoms with E-state index in [2.05, 4.69) is 16.3 Å². The molecule has 1 aromatic carbocycles. The number of nitrogens with two attached hydrogens (primary N) is 1. The summed E-state index contributed by atoms with van der Waals surface area (Å²) in [6, 6.07) is 3.99. The highest BCUT2D eigenvalue weighted by atomic mass is 19.4. The van der Waals surface area contributed by atoms with E-state index in [0.29, 0.717) is 31.5 Å². The number of aliphatic hydroxyl groups excluding tert-OH is 1. The highest BCUT2D eigenvalue weighted by Crippen LogP contribution is 2.33. The summed E-state index contributed by atoms with van der Waals surface area (Å²) >= 11 is 0. The molecule has 4 N–H and O–H groups in total. The molecule has 0 bridgehead atoms. The smallest absolute Gasteiger partial charge is 0.422 e. The van der Waals surface area contributed by atoms with Crippen LogP contribution in [0.25, 0.3) is 0 Å². The van der Waals surface area contributed by atoms with Gasteiger partial charge in [-0.05, 0) is 69.4 Å². The molecule has 1 amide bonds. The van der Waals surface area contributed by atoms with E-state index in [9.17, 15) is 18.0 Å². The van der Waals surface area contributed by atoms with Crippen molar-refractivity contribution in [3.63, 3.8) is 0 Å². The van der Waals surface area contributed by atoms with Gasteiger partial charge in [0, 0.05) is 32.3 Å². The molecule has 0 saturated carbocycles. The maximum Gasteiger partial charge on any atom is 0.422 e. The van der Waals surface area contributed by atoms with Gasteiger partial charge in [-0.2, -0.15) is 13.2 Å². The van der Waals surface area contributed by atoms with Crippen molar-refractivity contribution < 1.29 is 32.5 Å². The maximum atomic E-state index is 12.4. The van der Waals surface area contributed by atoms with Gasteiger partial charge in [0.1, 0.15) is 6.61 Å². The molecule has 0 radical (unpaired) electrons. The molecule has 0 aliphatic carbocycles. The summed E-state index contributed by atoms with van der Waals surface area (Å²) in [7, 11) is 0. The number of ether oxygens (including phenoxy) is 2. The van der Waals surface area contributed by atoms with Crippen LogP contribution in [0.15, 0.2) is 35.8 Å². The molecule has 0 saturated heterocycles. The Kier molecular flexibility index (Phi) is 10.9. The minimum Gasteiger partial charge on any atom is -0.489 e. The van der Waals surface area contributed by atoms with Gasteiger partial charge in [-0.25, -0.2) is 0 Å². The molecule has 2 rings (SSSR count). The molecule has 1 aliphatic rings. The molecule has 1 heterocycles. The summed E-state index contributed by atoms with van der Waals surface area (Å²) in [5.74, 6) is -0.177. The van der Waals surface area contributed by atoms with Crippen LogP contribution < -0.4 is 16.0 Å². The van der Waals surface area contributed by atoms with Gasteiger partial charge in [0.05, 0.1) is 11.3 Å². The van der Waals surface area contributed by atoms with Gasteiger partial charge in [0.25, 0.3) is 5.91 Å². The van der Waals surface area contributed by atoms with Crippen molar-refractivity contribution in [1.82, 2.24) is 5.32 Å². The lowest BCUT2D eigenvalue weighted by Crippen LogP contribution is -2.31.